The van der Waals surface area contributed by atoms with E-state index in [1.54, 1.807) is 6.07 Å². The van der Waals surface area contributed by atoms with E-state index < -0.39 is 0 Å². The van der Waals surface area contributed by atoms with Gasteiger partial charge in [-0.1, -0.05) is 28.1 Å². The fraction of sp³-hybridized carbons (Fsp3) is 0.200. The lowest BCUT2D eigenvalue weighted by Gasteiger charge is -2.21. The summed E-state index contributed by atoms with van der Waals surface area (Å²) >= 11 is 3.42. The van der Waals surface area contributed by atoms with Crippen molar-refractivity contribution in [3.63, 3.8) is 0 Å². The molecule has 0 saturated heterocycles. The molecule has 0 aliphatic carbocycles. The average molecular weight is 323 g/mol. The van der Waals surface area contributed by atoms with E-state index in [1.807, 2.05) is 24.1 Å². The van der Waals surface area contributed by atoms with Crippen molar-refractivity contribution in [2.75, 3.05) is 24.2 Å². The number of nitrogen functional groups attached to an aromatic ring is 1. The maximum absolute atomic E-state index is 13.0. The zero-order chi connectivity index (χ0) is 13.8. The van der Waals surface area contributed by atoms with Crippen LogP contribution in [-0.4, -0.2) is 13.6 Å². The van der Waals surface area contributed by atoms with Crippen molar-refractivity contribution >= 4 is 27.3 Å². The summed E-state index contributed by atoms with van der Waals surface area (Å²) < 4.78 is 14.1. The van der Waals surface area contributed by atoms with Crippen molar-refractivity contribution in [2.45, 2.75) is 6.42 Å². The summed E-state index contributed by atoms with van der Waals surface area (Å²) in [6, 6.07) is 12.7. The van der Waals surface area contributed by atoms with Crippen LogP contribution in [0.25, 0.3) is 0 Å². The van der Waals surface area contributed by atoms with Crippen LogP contribution in [0.15, 0.2) is 46.9 Å². The molecule has 19 heavy (non-hydrogen) atoms. The second-order valence-corrected chi connectivity index (χ2v) is 5.42. The van der Waals surface area contributed by atoms with Gasteiger partial charge >= 0.3 is 0 Å². The number of nitrogens with two attached hydrogens (primary N) is 1. The van der Waals surface area contributed by atoms with Gasteiger partial charge in [-0.3, -0.25) is 0 Å². The highest BCUT2D eigenvalue weighted by Gasteiger charge is 2.06. The zero-order valence-electron chi connectivity index (χ0n) is 10.7. The third kappa shape index (κ3) is 3.70. The zero-order valence-corrected chi connectivity index (χ0v) is 12.3. The molecule has 2 aromatic rings. The van der Waals surface area contributed by atoms with Crippen molar-refractivity contribution < 1.29 is 4.39 Å². The molecule has 0 heterocycles. The number of hydrogen-bond donors (Lipinski definition) is 1. The number of likely N-dealkylation sites (N-methyl/N-ethyl adjacent to an activating group) is 1. The molecule has 0 bridgehead atoms. The molecule has 0 saturated carbocycles. The standard InChI is InChI=1S/C15H16BrFN2/c1-19(15-7-6-13(17)10-14(15)18)9-8-11-2-4-12(16)5-3-11/h2-7,10H,8-9,18H2,1H3. The molecule has 0 spiro atoms. The van der Waals surface area contributed by atoms with E-state index >= 15 is 0 Å². The Kier molecular flexibility index (Phi) is 4.43. The van der Waals surface area contributed by atoms with Crippen molar-refractivity contribution in [1.82, 2.24) is 0 Å². The first-order valence-corrected chi connectivity index (χ1v) is 6.86. The Hall–Kier alpha value is -1.55. The Labute approximate surface area is 121 Å². The fourth-order valence-corrected chi connectivity index (χ4v) is 2.21. The fourth-order valence-electron chi connectivity index (χ4n) is 1.94. The number of benzene rings is 2. The van der Waals surface area contributed by atoms with Crippen molar-refractivity contribution in [3.8, 4) is 0 Å². The van der Waals surface area contributed by atoms with Gasteiger partial charge < -0.3 is 10.6 Å². The molecule has 100 valence electrons. The van der Waals surface area contributed by atoms with Gasteiger partial charge in [0.15, 0.2) is 0 Å². The summed E-state index contributed by atoms with van der Waals surface area (Å²) in [6.45, 7) is 0.831. The van der Waals surface area contributed by atoms with Crippen LogP contribution in [0.3, 0.4) is 0 Å². The molecule has 0 aliphatic rings. The lowest BCUT2D eigenvalue weighted by atomic mass is 10.1. The van der Waals surface area contributed by atoms with Gasteiger partial charge in [-0.15, -0.1) is 0 Å². The molecule has 2 N–H and O–H groups in total. The number of hydrogen-bond acceptors (Lipinski definition) is 2. The van der Waals surface area contributed by atoms with Gasteiger partial charge in [-0.25, -0.2) is 4.39 Å². The minimum Gasteiger partial charge on any atom is -0.397 e. The number of halogens is 2. The second-order valence-electron chi connectivity index (χ2n) is 4.50. The molecule has 2 aromatic carbocycles. The summed E-state index contributed by atoms with van der Waals surface area (Å²) in [6.07, 6.45) is 0.917. The van der Waals surface area contributed by atoms with Gasteiger partial charge in [0, 0.05) is 18.1 Å². The van der Waals surface area contributed by atoms with Gasteiger partial charge in [0.25, 0.3) is 0 Å². The largest absolute Gasteiger partial charge is 0.397 e. The summed E-state index contributed by atoms with van der Waals surface area (Å²) in [4.78, 5) is 2.04. The molecule has 0 fully saturated rings. The first-order chi connectivity index (χ1) is 9.06. The summed E-state index contributed by atoms with van der Waals surface area (Å²) in [5.74, 6) is -0.303. The van der Waals surface area contributed by atoms with Crippen LogP contribution < -0.4 is 10.6 Å². The topological polar surface area (TPSA) is 29.3 Å². The third-order valence-corrected chi connectivity index (χ3v) is 3.58. The quantitative estimate of drug-likeness (QED) is 0.866. The Morgan fingerprint density at radius 1 is 1.16 bits per heavy atom. The molecule has 2 nitrogen and oxygen atoms in total. The smallest absolute Gasteiger partial charge is 0.125 e. The highest BCUT2D eigenvalue weighted by Crippen LogP contribution is 2.23. The Morgan fingerprint density at radius 2 is 1.84 bits per heavy atom. The Balaban J connectivity index is 2.01. The molecular formula is C15H16BrFN2. The molecule has 0 unspecified atom stereocenters. The number of anilines is 2. The van der Waals surface area contributed by atoms with E-state index in [0.29, 0.717) is 5.69 Å². The molecule has 0 radical (unpaired) electrons. The van der Waals surface area contributed by atoms with Crippen molar-refractivity contribution in [1.29, 1.82) is 0 Å². The van der Waals surface area contributed by atoms with Gasteiger partial charge in [-0.2, -0.15) is 0 Å². The minimum absolute atomic E-state index is 0.303. The second kappa shape index (κ2) is 6.06. The van der Waals surface area contributed by atoms with Gasteiger partial charge in [-0.05, 0) is 42.3 Å². The Morgan fingerprint density at radius 3 is 2.47 bits per heavy atom. The molecule has 4 heteroatoms. The van der Waals surface area contributed by atoms with Gasteiger partial charge in [0.05, 0.1) is 11.4 Å². The summed E-state index contributed by atoms with van der Waals surface area (Å²) in [5.41, 5.74) is 8.41. The van der Waals surface area contributed by atoms with Gasteiger partial charge in [0.1, 0.15) is 5.82 Å². The summed E-state index contributed by atoms with van der Waals surface area (Å²) in [5, 5.41) is 0. The average Bonchev–Trinajstić information content (AvgIpc) is 2.37. The van der Waals surface area contributed by atoms with Crippen LogP contribution in [0.2, 0.25) is 0 Å². The predicted molar refractivity (Wildman–Crippen MR) is 81.9 cm³/mol. The molecule has 0 aliphatic heterocycles. The molecular weight excluding hydrogens is 307 g/mol. The molecule has 0 amide bonds. The van der Waals surface area contributed by atoms with Crippen LogP contribution in [0.1, 0.15) is 5.56 Å². The monoisotopic (exact) mass is 322 g/mol. The number of nitrogens with zero attached hydrogens (tertiary/aromatic N) is 1. The van der Waals surface area contributed by atoms with Gasteiger partial charge in [0.2, 0.25) is 0 Å². The highest BCUT2D eigenvalue weighted by atomic mass is 79.9. The summed E-state index contributed by atoms with van der Waals surface area (Å²) in [7, 11) is 1.96. The first kappa shape index (κ1) is 13.9. The lowest BCUT2D eigenvalue weighted by molar-refractivity contribution is 0.628. The Bertz CT molecular complexity index is 555. The van der Waals surface area contributed by atoms with E-state index in [2.05, 4.69) is 28.1 Å². The molecule has 2 rings (SSSR count). The SMILES string of the molecule is CN(CCc1ccc(Br)cc1)c1ccc(F)cc1N. The van der Waals surface area contributed by atoms with Crippen LogP contribution in [0.5, 0.6) is 0 Å². The van der Waals surface area contributed by atoms with E-state index in [9.17, 15) is 4.39 Å². The minimum atomic E-state index is -0.303. The lowest BCUT2D eigenvalue weighted by Crippen LogP contribution is -2.21. The van der Waals surface area contributed by atoms with Crippen LogP contribution in [-0.2, 0) is 6.42 Å². The highest BCUT2D eigenvalue weighted by molar-refractivity contribution is 9.10. The van der Waals surface area contributed by atoms with Crippen LogP contribution in [0, 0.1) is 5.82 Å². The van der Waals surface area contributed by atoms with Crippen LogP contribution >= 0.6 is 15.9 Å². The molecule has 0 aromatic heterocycles. The van der Waals surface area contributed by atoms with E-state index in [0.717, 1.165) is 23.1 Å². The van der Waals surface area contributed by atoms with Crippen LogP contribution in [0.4, 0.5) is 15.8 Å². The van der Waals surface area contributed by atoms with Crippen molar-refractivity contribution in [3.05, 3.63) is 58.3 Å². The van der Waals surface area contributed by atoms with E-state index in [1.165, 1.54) is 17.7 Å². The molecule has 0 atom stereocenters. The first-order valence-electron chi connectivity index (χ1n) is 6.07. The van der Waals surface area contributed by atoms with E-state index in [4.69, 9.17) is 5.73 Å². The maximum Gasteiger partial charge on any atom is 0.125 e. The van der Waals surface area contributed by atoms with E-state index in [-0.39, 0.29) is 5.82 Å². The predicted octanol–water partition coefficient (Wildman–Crippen LogP) is 3.85. The maximum atomic E-state index is 13.0. The normalized spacial score (nSPS) is 10.5. The van der Waals surface area contributed by atoms with Crippen molar-refractivity contribution in [2.24, 2.45) is 0 Å². The third-order valence-electron chi connectivity index (χ3n) is 3.05. The number of rotatable bonds is 4.